The largest absolute Gasteiger partial charge is 0.390 e. The maximum Gasteiger partial charge on any atom is 0.223 e. The first-order valence-electron chi connectivity index (χ1n) is 9.94. The van der Waals surface area contributed by atoms with Gasteiger partial charge in [0.25, 0.3) is 0 Å². The molecule has 0 unspecified atom stereocenters. The second-order valence-electron chi connectivity index (χ2n) is 9.17. The van der Waals surface area contributed by atoms with Crippen molar-refractivity contribution in [2.75, 3.05) is 6.01 Å². The van der Waals surface area contributed by atoms with Gasteiger partial charge in [-0.1, -0.05) is 24.8 Å². The Morgan fingerprint density at radius 2 is 2.03 bits per heavy atom. The number of carbonyl (C=O) groups excluding carboxylic acids is 2. The molecule has 0 spiro atoms. The summed E-state index contributed by atoms with van der Waals surface area (Å²) < 4.78 is 44.6. The topological polar surface area (TPSA) is 74.6 Å². The molecule has 0 amide bonds. The van der Waals surface area contributed by atoms with Crippen molar-refractivity contribution in [3.8, 4) is 0 Å². The zero-order valence-corrected chi connectivity index (χ0v) is 17.1. The molecular formula is C21H25F3O4S. The molecule has 8 heteroatoms. The van der Waals surface area contributed by atoms with Crippen LogP contribution in [0.15, 0.2) is 23.6 Å². The van der Waals surface area contributed by atoms with Crippen molar-refractivity contribution in [3.63, 3.8) is 0 Å². The molecular weight excluding hydrogens is 405 g/mol. The number of allylic oxidation sites excluding steroid dienone is 4. The van der Waals surface area contributed by atoms with Crippen LogP contribution in [0.4, 0.5) is 13.2 Å². The van der Waals surface area contributed by atoms with E-state index in [2.05, 4.69) is 0 Å². The summed E-state index contributed by atoms with van der Waals surface area (Å²) >= 11 is 0.372. The SMILES string of the molecule is C[C@@H]1C[C@@H]2[C@H](C[C@H](O)[C@@]3(F)[C@H]2CC(F)=C2CC(=O)C=C[C@@]23C)[C@@]1(O)C(=O)SCF. The van der Waals surface area contributed by atoms with Crippen LogP contribution in [0, 0.1) is 29.1 Å². The van der Waals surface area contributed by atoms with Crippen LogP contribution in [-0.2, 0) is 9.59 Å². The highest BCUT2D eigenvalue weighted by molar-refractivity contribution is 8.13. The van der Waals surface area contributed by atoms with Crippen LogP contribution in [0.25, 0.3) is 0 Å². The minimum Gasteiger partial charge on any atom is -0.390 e. The molecule has 4 aliphatic carbocycles. The number of aliphatic hydroxyl groups is 2. The highest BCUT2D eigenvalue weighted by Crippen LogP contribution is 2.67. The Morgan fingerprint density at radius 3 is 2.69 bits per heavy atom. The zero-order valence-electron chi connectivity index (χ0n) is 16.3. The molecule has 4 rings (SSSR count). The normalized spacial score (nSPS) is 48.9. The number of alkyl halides is 2. The second kappa shape index (κ2) is 6.69. The molecule has 2 fully saturated rings. The van der Waals surface area contributed by atoms with E-state index in [1.54, 1.807) is 6.92 Å². The van der Waals surface area contributed by atoms with E-state index in [0.29, 0.717) is 11.8 Å². The zero-order chi connectivity index (χ0) is 21.4. The summed E-state index contributed by atoms with van der Waals surface area (Å²) in [6, 6.07) is -0.984. The van der Waals surface area contributed by atoms with Crippen molar-refractivity contribution in [1.82, 2.24) is 0 Å². The molecule has 0 aromatic heterocycles. The second-order valence-corrected chi connectivity index (χ2v) is 10.0. The number of carbonyl (C=O) groups is 2. The standard InChI is InChI=1S/C21H25F3O4S/c1-10-5-12-13(20(10,28)18(27)29-9-22)8-17(26)21(24)14(12)7-16(23)15-6-11(25)3-4-19(15,21)2/h3-4,10,12-14,17,26,28H,5-9H2,1-2H3/t10-,12-,13+,14+,17+,19+,20-,21+/m1/s1. The van der Waals surface area contributed by atoms with Crippen molar-refractivity contribution >= 4 is 22.7 Å². The van der Waals surface area contributed by atoms with Crippen LogP contribution >= 0.6 is 11.8 Å². The van der Waals surface area contributed by atoms with Gasteiger partial charge in [0.2, 0.25) is 5.12 Å². The summed E-state index contributed by atoms with van der Waals surface area (Å²) in [6.45, 7) is 3.16. The lowest BCUT2D eigenvalue weighted by atomic mass is 9.48. The first kappa shape index (κ1) is 21.1. The van der Waals surface area contributed by atoms with Gasteiger partial charge in [0, 0.05) is 30.1 Å². The van der Waals surface area contributed by atoms with Gasteiger partial charge in [-0.2, -0.15) is 0 Å². The Kier molecular flexibility index (Phi) is 4.87. The molecule has 0 aliphatic heterocycles. The van der Waals surface area contributed by atoms with Crippen LogP contribution in [-0.4, -0.2) is 44.5 Å². The van der Waals surface area contributed by atoms with Crippen LogP contribution in [0.1, 0.15) is 39.5 Å². The van der Waals surface area contributed by atoms with Crippen LogP contribution < -0.4 is 0 Å². The third-order valence-corrected chi connectivity index (χ3v) is 8.79. The van der Waals surface area contributed by atoms with Gasteiger partial charge in [0.05, 0.1) is 6.10 Å². The molecule has 2 N–H and O–H groups in total. The van der Waals surface area contributed by atoms with Gasteiger partial charge < -0.3 is 10.2 Å². The fourth-order valence-corrected chi connectivity index (χ4v) is 7.28. The van der Waals surface area contributed by atoms with Gasteiger partial charge in [0.1, 0.15) is 17.4 Å². The first-order chi connectivity index (χ1) is 13.5. The van der Waals surface area contributed by atoms with E-state index < -0.39 is 63.4 Å². The fraction of sp³-hybridized carbons (Fsp3) is 0.714. The summed E-state index contributed by atoms with van der Waals surface area (Å²) in [5.41, 5.74) is -5.51. The third kappa shape index (κ3) is 2.54. The molecule has 0 heterocycles. The van der Waals surface area contributed by atoms with Gasteiger partial charge in [0.15, 0.2) is 11.5 Å². The molecule has 0 aromatic rings. The summed E-state index contributed by atoms with van der Waals surface area (Å²) in [6.07, 6.45) is 0.651. The van der Waals surface area contributed by atoms with E-state index in [-0.39, 0.29) is 37.0 Å². The van der Waals surface area contributed by atoms with Gasteiger partial charge in [-0.3, -0.25) is 9.59 Å². The molecule has 160 valence electrons. The Labute approximate surface area is 171 Å². The number of hydrogen-bond acceptors (Lipinski definition) is 5. The van der Waals surface area contributed by atoms with Crippen molar-refractivity contribution in [2.24, 2.45) is 29.1 Å². The smallest absolute Gasteiger partial charge is 0.223 e. The van der Waals surface area contributed by atoms with Crippen molar-refractivity contribution in [1.29, 1.82) is 0 Å². The van der Waals surface area contributed by atoms with Gasteiger partial charge in [-0.25, -0.2) is 13.2 Å². The number of aliphatic hydroxyl groups excluding tert-OH is 1. The molecule has 2 saturated carbocycles. The van der Waals surface area contributed by atoms with Crippen LogP contribution in [0.5, 0.6) is 0 Å². The van der Waals surface area contributed by atoms with Crippen molar-refractivity contribution < 1.29 is 33.0 Å². The number of rotatable bonds is 2. The van der Waals surface area contributed by atoms with E-state index in [9.17, 15) is 24.2 Å². The van der Waals surface area contributed by atoms with Crippen molar-refractivity contribution in [3.05, 3.63) is 23.6 Å². The first-order valence-corrected chi connectivity index (χ1v) is 10.9. The highest BCUT2D eigenvalue weighted by atomic mass is 32.2. The molecule has 0 aromatic carbocycles. The maximum absolute atomic E-state index is 16.8. The Balaban J connectivity index is 1.81. The van der Waals surface area contributed by atoms with Crippen molar-refractivity contribution in [2.45, 2.75) is 56.9 Å². The lowest BCUT2D eigenvalue weighted by molar-refractivity contribution is -0.185. The van der Waals surface area contributed by atoms with Gasteiger partial charge in [-0.05, 0) is 43.3 Å². The molecule has 4 aliphatic rings. The van der Waals surface area contributed by atoms with Gasteiger partial charge >= 0.3 is 0 Å². The van der Waals surface area contributed by atoms with E-state index in [0.717, 1.165) is 0 Å². The lowest BCUT2D eigenvalue weighted by Crippen LogP contribution is -2.66. The van der Waals surface area contributed by atoms with E-state index in [1.165, 1.54) is 19.1 Å². The lowest BCUT2D eigenvalue weighted by Gasteiger charge is -2.59. The molecule has 8 atom stereocenters. The molecule has 4 nitrogen and oxygen atoms in total. The van der Waals surface area contributed by atoms with E-state index >= 15 is 8.78 Å². The molecule has 29 heavy (non-hydrogen) atoms. The highest BCUT2D eigenvalue weighted by Gasteiger charge is 2.72. The van der Waals surface area contributed by atoms with Gasteiger partial charge in [-0.15, -0.1) is 0 Å². The molecule has 0 saturated heterocycles. The fourth-order valence-electron chi connectivity index (χ4n) is 6.59. The third-order valence-electron chi connectivity index (χ3n) is 8.09. The van der Waals surface area contributed by atoms with Crippen LogP contribution in [0.2, 0.25) is 0 Å². The summed E-state index contributed by atoms with van der Waals surface area (Å²) in [4.78, 5) is 24.4. The summed E-state index contributed by atoms with van der Waals surface area (Å²) in [7, 11) is 0. The predicted octanol–water partition coefficient (Wildman–Crippen LogP) is 3.43. The average Bonchev–Trinajstić information content (AvgIpc) is 2.92. The predicted molar refractivity (Wildman–Crippen MR) is 102 cm³/mol. The Morgan fingerprint density at radius 1 is 1.34 bits per heavy atom. The molecule has 0 bridgehead atoms. The Hall–Kier alpha value is -1.12. The minimum atomic E-state index is -2.22. The summed E-state index contributed by atoms with van der Waals surface area (Å²) in [5.74, 6) is -3.70. The van der Waals surface area contributed by atoms with Crippen LogP contribution in [0.3, 0.4) is 0 Å². The Bertz CT molecular complexity index is 829. The number of thioether (sulfide) groups is 1. The molecule has 0 radical (unpaired) electrons. The number of fused-ring (bicyclic) bond motifs is 5. The number of halogens is 3. The quantitative estimate of drug-likeness (QED) is 0.702. The monoisotopic (exact) mass is 430 g/mol. The van der Waals surface area contributed by atoms with E-state index in [1.807, 2.05) is 0 Å². The number of ketones is 1. The average molecular weight is 430 g/mol. The maximum atomic E-state index is 16.8. The minimum absolute atomic E-state index is 0.0756. The van der Waals surface area contributed by atoms with E-state index in [4.69, 9.17) is 0 Å². The number of hydrogen-bond donors (Lipinski definition) is 2. The summed E-state index contributed by atoms with van der Waals surface area (Å²) in [5, 5.41) is 21.4.